The Morgan fingerprint density at radius 3 is 2.17 bits per heavy atom. The van der Waals surface area contributed by atoms with Gasteiger partial charge < -0.3 is 15.4 Å². The molecule has 0 saturated heterocycles. The Morgan fingerprint density at radius 1 is 0.900 bits per heavy atom. The highest BCUT2D eigenvalue weighted by atomic mass is 16.5. The average molecular weight is 544 g/mol. The lowest BCUT2D eigenvalue weighted by Crippen LogP contribution is -2.46. The van der Waals surface area contributed by atoms with Crippen LogP contribution < -0.4 is 20.9 Å². The van der Waals surface area contributed by atoms with Gasteiger partial charge in [0.15, 0.2) is 0 Å². The van der Waals surface area contributed by atoms with Crippen LogP contribution in [0.15, 0.2) is 72.8 Å². The zero-order valence-electron chi connectivity index (χ0n) is 23.1. The molecule has 4 N–H and O–H groups in total. The second-order valence-electron chi connectivity index (χ2n) is 10.7. The Balaban J connectivity index is 1.58. The summed E-state index contributed by atoms with van der Waals surface area (Å²) in [5.41, 5.74) is 6.57. The third kappa shape index (κ3) is 7.27. The summed E-state index contributed by atoms with van der Waals surface area (Å²) in [5.74, 6) is -1.19. The van der Waals surface area contributed by atoms with Crippen LogP contribution in [0.4, 0.5) is 0 Å². The van der Waals surface area contributed by atoms with Gasteiger partial charge in [0.25, 0.3) is 0 Å². The molecule has 0 fully saturated rings. The molecule has 3 aromatic carbocycles. The number of methoxy groups -OCH3 is 1. The van der Waals surface area contributed by atoms with Crippen molar-refractivity contribution in [1.29, 1.82) is 0 Å². The summed E-state index contributed by atoms with van der Waals surface area (Å²) in [7, 11) is 1.62. The molecule has 2 atom stereocenters. The summed E-state index contributed by atoms with van der Waals surface area (Å²) < 4.78 is 5.34. The van der Waals surface area contributed by atoms with Gasteiger partial charge >= 0.3 is 0 Å². The molecule has 0 heterocycles. The number of nitrogens with one attached hydrogen (secondary N) is 3. The third-order valence-corrected chi connectivity index (χ3v) is 7.28. The number of hydroxylamine groups is 1. The maximum Gasteiger partial charge on any atom is 0.247 e. The molecule has 210 valence electrons. The molecule has 3 amide bonds. The number of rotatable bonds is 11. The van der Waals surface area contributed by atoms with Crippen molar-refractivity contribution in [3.05, 3.63) is 89.5 Å². The summed E-state index contributed by atoms with van der Waals surface area (Å²) in [6.45, 7) is 3.91. The van der Waals surface area contributed by atoms with Crippen molar-refractivity contribution in [3.63, 3.8) is 0 Å². The number of carbonyl (C=O) groups excluding carboxylic acids is 3. The van der Waals surface area contributed by atoms with Crippen molar-refractivity contribution in [2.75, 3.05) is 7.11 Å². The van der Waals surface area contributed by atoms with Gasteiger partial charge in [-0.1, -0.05) is 74.5 Å². The number of amides is 3. The Hall–Kier alpha value is -4.17. The minimum absolute atomic E-state index is 0.0769. The molecule has 0 spiro atoms. The van der Waals surface area contributed by atoms with Crippen molar-refractivity contribution >= 4 is 17.7 Å². The molecule has 3 aromatic rings. The van der Waals surface area contributed by atoms with E-state index < -0.39 is 23.8 Å². The van der Waals surface area contributed by atoms with Gasteiger partial charge in [0, 0.05) is 18.4 Å². The first kappa shape index (κ1) is 28.8. The topological polar surface area (TPSA) is 117 Å². The highest BCUT2D eigenvalue weighted by Gasteiger charge is 2.31. The van der Waals surface area contributed by atoms with Gasteiger partial charge in [-0.25, -0.2) is 5.48 Å². The monoisotopic (exact) mass is 543 g/mol. The van der Waals surface area contributed by atoms with Crippen LogP contribution in [-0.2, 0) is 27.2 Å². The summed E-state index contributed by atoms with van der Waals surface area (Å²) in [6.07, 6.45) is 1.70. The van der Waals surface area contributed by atoms with Gasteiger partial charge in [-0.2, -0.15) is 0 Å². The van der Waals surface area contributed by atoms with E-state index >= 15 is 0 Å². The van der Waals surface area contributed by atoms with Gasteiger partial charge in [0.1, 0.15) is 11.8 Å². The molecule has 1 aliphatic rings. The highest BCUT2D eigenvalue weighted by molar-refractivity contribution is 5.91. The summed E-state index contributed by atoms with van der Waals surface area (Å²) in [5, 5.41) is 15.1. The zero-order valence-corrected chi connectivity index (χ0v) is 23.1. The van der Waals surface area contributed by atoms with E-state index in [1.165, 1.54) is 11.1 Å². The fraction of sp³-hybridized carbons (Fsp3) is 0.344. The number of benzene rings is 3. The fourth-order valence-electron chi connectivity index (χ4n) is 5.30. The van der Waals surface area contributed by atoms with Crippen molar-refractivity contribution in [2.24, 2.45) is 11.8 Å². The Kier molecular flexibility index (Phi) is 9.56. The number of ether oxygens (including phenoxy) is 1. The minimum Gasteiger partial charge on any atom is -0.497 e. The average Bonchev–Trinajstić information content (AvgIpc) is 3.37. The minimum atomic E-state index is -0.956. The van der Waals surface area contributed by atoms with Gasteiger partial charge in [-0.05, 0) is 65.1 Å². The van der Waals surface area contributed by atoms with Crippen molar-refractivity contribution in [2.45, 2.75) is 51.6 Å². The molecule has 0 radical (unpaired) electrons. The maximum absolute atomic E-state index is 13.7. The normalized spacial score (nSPS) is 14.2. The molecule has 2 unspecified atom stereocenters. The largest absolute Gasteiger partial charge is 0.497 e. The van der Waals surface area contributed by atoms with E-state index in [1.807, 2.05) is 74.5 Å². The fourth-order valence-corrected chi connectivity index (χ4v) is 5.30. The molecule has 0 aromatic heterocycles. The number of hydrogen-bond acceptors (Lipinski definition) is 5. The van der Waals surface area contributed by atoms with Crippen molar-refractivity contribution in [3.8, 4) is 16.9 Å². The summed E-state index contributed by atoms with van der Waals surface area (Å²) >= 11 is 0. The third-order valence-electron chi connectivity index (χ3n) is 7.28. The Bertz CT molecular complexity index is 1310. The first-order valence-corrected chi connectivity index (χ1v) is 13.6. The second kappa shape index (κ2) is 13.3. The lowest BCUT2D eigenvalue weighted by molar-refractivity contribution is -0.136. The number of hydrogen-bond donors (Lipinski definition) is 4. The lowest BCUT2D eigenvalue weighted by atomic mass is 9.92. The molecular weight excluding hydrogens is 506 g/mol. The van der Waals surface area contributed by atoms with Crippen LogP contribution in [0.25, 0.3) is 11.1 Å². The van der Waals surface area contributed by atoms with Gasteiger partial charge in [-0.15, -0.1) is 0 Å². The summed E-state index contributed by atoms with van der Waals surface area (Å²) in [4.78, 5) is 39.0. The molecule has 0 bridgehead atoms. The van der Waals surface area contributed by atoms with Gasteiger partial charge in [0.05, 0.1) is 7.11 Å². The van der Waals surface area contributed by atoms with Crippen LogP contribution in [0.2, 0.25) is 0 Å². The predicted molar refractivity (Wildman–Crippen MR) is 153 cm³/mol. The van der Waals surface area contributed by atoms with E-state index in [1.54, 1.807) is 12.6 Å². The maximum atomic E-state index is 13.7. The second-order valence-corrected chi connectivity index (χ2v) is 10.7. The number of fused-ring (bicyclic) bond motifs is 1. The van der Waals surface area contributed by atoms with Gasteiger partial charge in [0.2, 0.25) is 17.7 Å². The first-order valence-electron chi connectivity index (χ1n) is 13.6. The molecule has 1 aliphatic carbocycles. The molecule has 8 heteroatoms. The van der Waals surface area contributed by atoms with Crippen molar-refractivity contribution in [1.82, 2.24) is 16.1 Å². The Labute approximate surface area is 235 Å². The van der Waals surface area contributed by atoms with E-state index in [-0.39, 0.29) is 24.3 Å². The standard InChI is InChI=1S/C32H37N3O5/c1-20(2)15-26(19-29(36)35-39)31(37)34-30(32(38)33-27-16-23-7-4-5-8-24(23)17-27)22-13-11-21(12-14-22)25-9-6-10-28(18-25)40-3/h4-14,18,20,26-27,30,39H,15-17,19H2,1-3H3,(H,33,38)(H,34,37)(H,35,36). The molecular formula is C32H37N3O5. The molecule has 4 rings (SSSR count). The van der Waals surface area contributed by atoms with E-state index in [2.05, 4.69) is 22.8 Å². The van der Waals surface area contributed by atoms with E-state index in [4.69, 9.17) is 9.94 Å². The molecule has 40 heavy (non-hydrogen) atoms. The smallest absolute Gasteiger partial charge is 0.247 e. The van der Waals surface area contributed by atoms with E-state index in [0.29, 0.717) is 12.0 Å². The van der Waals surface area contributed by atoms with Crippen LogP contribution in [-0.4, -0.2) is 36.1 Å². The molecule has 8 nitrogen and oxygen atoms in total. The SMILES string of the molecule is COc1cccc(-c2ccc(C(NC(=O)C(CC(=O)NO)CC(C)C)C(=O)NC3Cc4ccccc4C3)cc2)c1. The zero-order chi connectivity index (χ0) is 28.6. The Morgan fingerprint density at radius 2 is 1.57 bits per heavy atom. The van der Waals surface area contributed by atoms with Crippen LogP contribution in [0.1, 0.15) is 49.4 Å². The van der Waals surface area contributed by atoms with E-state index in [9.17, 15) is 14.4 Å². The van der Waals surface area contributed by atoms with Crippen LogP contribution in [0, 0.1) is 11.8 Å². The van der Waals surface area contributed by atoms with Crippen LogP contribution in [0.5, 0.6) is 5.75 Å². The van der Waals surface area contributed by atoms with Gasteiger partial charge in [-0.3, -0.25) is 19.6 Å². The quantitative estimate of drug-likeness (QED) is 0.212. The molecule has 0 aliphatic heterocycles. The van der Waals surface area contributed by atoms with Crippen molar-refractivity contribution < 1.29 is 24.3 Å². The lowest BCUT2D eigenvalue weighted by Gasteiger charge is -2.25. The number of carbonyl (C=O) groups is 3. The van der Waals surface area contributed by atoms with Crippen LogP contribution >= 0.6 is 0 Å². The molecule has 0 saturated carbocycles. The van der Waals surface area contributed by atoms with E-state index in [0.717, 1.165) is 29.7 Å². The first-order chi connectivity index (χ1) is 19.3. The predicted octanol–water partition coefficient (Wildman–Crippen LogP) is 4.36. The summed E-state index contributed by atoms with van der Waals surface area (Å²) in [6, 6.07) is 22.3. The van der Waals surface area contributed by atoms with Crippen LogP contribution in [0.3, 0.4) is 0 Å². The highest BCUT2D eigenvalue weighted by Crippen LogP contribution is 2.27.